The fraction of sp³-hybridized carbons (Fsp3) is 0.895. The smallest absolute Gasteiger partial charge is 0.249 e. The van der Waals surface area contributed by atoms with Crippen LogP contribution in [-0.2, 0) is 9.59 Å². The highest BCUT2D eigenvalue weighted by molar-refractivity contribution is 5.81. The second-order valence-corrected chi connectivity index (χ2v) is 9.44. The number of aliphatic carboxylic acids is 1. The van der Waals surface area contributed by atoms with Gasteiger partial charge in [0.25, 0.3) is 0 Å². The molecule has 30 heavy (non-hydrogen) atoms. The van der Waals surface area contributed by atoms with E-state index in [1.54, 1.807) is 0 Å². The minimum Gasteiger partial charge on any atom is -1.00 e. The van der Waals surface area contributed by atoms with Crippen LogP contribution in [0.15, 0.2) is 0 Å². The molecule has 0 aromatic rings. The third-order valence-electron chi connectivity index (χ3n) is 3.57. The summed E-state index contributed by atoms with van der Waals surface area (Å²) in [6, 6.07) is 0. The highest BCUT2D eigenvalue weighted by atomic mass is 35.5. The van der Waals surface area contributed by atoms with E-state index in [1.807, 2.05) is 0 Å². The molecule has 0 aliphatic carbocycles. The molecule has 0 fully saturated rings. The number of halogens is 1. The van der Waals surface area contributed by atoms with E-state index < -0.39 is 23.4 Å². The molecule has 0 saturated heterocycles. The van der Waals surface area contributed by atoms with Crippen molar-refractivity contribution in [2.75, 3.05) is 81.7 Å². The molecular formula is C19H44ClN3O7. The van der Waals surface area contributed by atoms with Crippen LogP contribution in [0.1, 0.15) is 20.3 Å². The van der Waals surface area contributed by atoms with E-state index in [2.05, 4.69) is 47.6 Å². The summed E-state index contributed by atoms with van der Waals surface area (Å²) in [6.45, 7) is 4.83. The average molecular weight is 462 g/mol. The maximum Gasteiger partial charge on any atom is 0.249 e. The van der Waals surface area contributed by atoms with Crippen LogP contribution in [0.3, 0.4) is 0 Å². The number of rotatable bonds is 10. The summed E-state index contributed by atoms with van der Waals surface area (Å²) in [7, 11) is 12.3. The first-order valence-corrected chi connectivity index (χ1v) is 9.52. The molecule has 11 heteroatoms. The molecule has 0 aliphatic heterocycles. The predicted octanol–water partition coefficient (Wildman–Crippen LogP) is -6.00. The first-order chi connectivity index (χ1) is 12.9. The molecular weight excluding hydrogens is 418 g/mol. The first-order valence-electron chi connectivity index (χ1n) is 9.52. The molecule has 0 radical (unpaired) electrons. The van der Waals surface area contributed by atoms with Crippen molar-refractivity contribution in [3.8, 4) is 0 Å². The lowest BCUT2D eigenvalue weighted by atomic mass is 9.87. The van der Waals surface area contributed by atoms with Gasteiger partial charge in [-0.1, -0.05) is 13.8 Å². The lowest BCUT2D eigenvalue weighted by Gasteiger charge is -2.27. The van der Waals surface area contributed by atoms with Crippen LogP contribution in [0.4, 0.5) is 0 Å². The molecule has 0 aromatic carbocycles. The Morgan fingerprint density at radius 1 is 0.933 bits per heavy atom. The molecule has 0 heterocycles. The molecule has 10 nitrogen and oxygen atoms in total. The molecule has 1 amide bonds. The number of amides is 1. The van der Waals surface area contributed by atoms with Gasteiger partial charge >= 0.3 is 0 Å². The number of hydrogen-bond acceptors (Lipinski definition) is 7. The lowest BCUT2D eigenvalue weighted by Crippen LogP contribution is -3.00. The number of aliphatic hydroxyl groups is 4. The molecule has 184 valence electrons. The lowest BCUT2D eigenvalue weighted by molar-refractivity contribution is -0.870. The van der Waals surface area contributed by atoms with E-state index in [0.29, 0.717) is 0 Å². The van der Waals surface area contributed by atoms with E-state index in [1.165, 1.54) is 13.8 Å². The van der Waals surface area contributed by atoms with Crippen molar-refractivity contribution in [3.63, 3.8) is 0 Å². The number of nitrogens with one attached hydrogen (secondary N) is 1. The zero-order chi connectivity index (χ0) is 23.9. The Labute approximate surface area is 187 Å². The van der Waals surface area contributed by atoms with E-state index in [-0.39, 0.29) is 45.2 Å². The average Bonchev–Trinajstić information content (AvgIpc) is 2.52. The summed E-state index contributed by atoms with van der Waals surface area (Å²) in [4.78, 5) is 21.3. The number of nitrogens with zero attached hydrogens (tertiary/aromatic N) is 2. The molecule has 0 rings (SSSR count). The largest absolute Gasteiger partial charge is 1.00 e. The van der Waals surface area contributed by atoms with Crippen LogP contribution in [0.2, 0.25) is 0 Å². The van der Waals surface area contributed by atoms with Gasteiger partial charge in [-0.05, 0) is 0 Å². The Balaban J connectivity index is -0.000000189. The van der Waals surface area contributed by atoms with Crippen molar-refractivity contribution in [2.45, 2.75) is 26.4 Å². The fourth-order valence-electron chi connectivity index (χ4n) is 1.43. The Hall–Kier alpha value is -1.01. The van der Waals surface area contributed by atoms with E-state index in [0.717, 1.165) is 22.1 Å². The summed E-state index contributed by atoms with van der Waals surface area (Å²) < 4.78 is 1.69. The molecule has 0 aliphatic rings. The van der Waals surface area contributed by atoms with Crippen LogP contribution in [0.25, 0.3) is 0 Å². The van der Waals surface area contributed by atoms with Gasteiger partial charge in [0, 0.05) is 24.3 Å². The van der Waals surface area contributed by atoms with Gasteiger partial charge in [-0.25, -0.2) is 0 Å². The number of hydrogen-bond donors (Lipinski definition) is 5. The maximum absolute atomic E-state index is 11.2. The number of carbonyl (C=O) groups excluding carboxylic acids is 2. The number of quaternary nitrogens is 2. The number of aliphatic hydroxyl groups excluding tert-OH is 4. The minimum absolute atomic E-state index is 0. The summed E-state index contributed by atoms with van der Waals surface area (Å²) >= 11 is 0. The molecule has 5 N–H and O–H groups in total. The van der Waals surface area contributed by atoms with Gasteiger partial charge in [-0.15, -0.1) is 0 Å². The van der Waals surface area contributed by atoms with Gasteiger partial charge in [0.05, 0.1) is 62.1 Å². The summed E-state index contributed by atoms with van der Waals surface area (Å²) in [5.41, 5.74) is -0.953. The van der Waals surface area contributed by atoms with Crippen LogP contribution in [0, 0.1) is 5.41 Å². The van der Waals surface area contributed by atoms with Crippen LogP contribution in [-0.4, -0.2) is 129 Å². The predicted molar refractivity (Wildman–Crippen MR) is 109 cm³/mol. The topological polar surface area (TPSA) is 150 Å². The third kappa shape index (κ3) is 27.0. The first kappa shape index (κ1) is 36.4. The summed E-state index contributed by atoms with van der Waals surface area (Å²) in [5.74, 6) is -1.97. The molecule has 0 aromatic heterocycles. The van der Waals surface area contributed by atoms with Crippen molar-refractivity contribution in [3.05, 3.63) is 0 Å². The quantitative estimate of drug-likeness (QED) is 0.203. The van der Waals surface area contributed by atoms with Crippen LogP contribution in [0.5, 0.6) is 0 Å². The molecule has 1 atom stereocenters. The fourth-order valence-corrected chi connectivity index (χ4v) is 1.43. The summed E-state index contributed by atoms with van der Waals surface area (Å²) in [5, 5.41) is 47.4. The van der Waals surface area contributed by atoms with Gasteiger partial charge in [0.1, 0.15) is 19.2 Å². The van der Waals surface area contributed by atoms with Crippen LogP contribution >= 0.6 is 0 Å². The minimum atomic E-state index is -1.37. The van der Waals surface area contributed by atoms with Gasteiger partial charge in [0.2, 0.25) is 5.91 Å². The highest BCUT2D eigenvalue weighted by Crippen LogP contribution is 2.19. The zero-order valence-corrected chi connectivity index (χ0v) is 20.6. The monoisotopic (exact) mass is 461 g/mol. The molecule has 0 bridgehead atoms. The van der Waals surface area contributed by atoms with Crippen molar-refractivity contribution < 1.29 is 56.5 Å². The molecule has 0 unspecified atom stereocenters. The zero-order valence-electron chi connectivity index (χ0n) is 19.8. The maximum atomic E-state index is 11.2. The van der Waals surface area contributed by atoms with E-state index >= 15 is 0 Å². The van der Waals surface area contributed by atoms with Crippen molar-refractivity contribution in [1.82, 2.24) is 5.32 Å². The third-order valence-corrected chi connectivity index (χ3v) is 3.57. The molecule has 0 spiro atoms. The standard InChI is InChI=1S/C9H17NO5.2C5H14NO.ClH/c1-9(2,5-11)7(14)8(15)10-4-3-6(12)13;2*1-6(2,3)4-5-7;/h7,11,14H,3-5H2,1-2H3,(H,10,15)(H,12,13);2*7H,4-5H2,1-3H3;1H/q;2*+1;/p-2/t7-;;;/m0.../s1. The van der Waals surface area contributed by atoms with Gasteiger partial charge < -0.3 is 57.0 Å². The van der Waals surface area contributed by atoms with E-state index in [9.17, 15) is 19.8 Å². The Bertz CT molecular complexity index is 434. The second kappa shape index (κ2) is 17.6. The molecule has 0 saturated carbocycles. The Kier molecular flexibility index (Phi) is 21.4. The summed E-state index contributed by atoms with van der Waals surface area (Å²) in [6.07, 6.45) is -1.68. The Morgan fingerprint density at radius 3 is 1.50 bits per heavy atom. The number of carboxylic acid groups (broad SMARTS) is 1. The SMILES string of the molecule is CC(C)(CO)[C@@H](O)C(=O)NCCC(=O)[O-].C[N+](C)(C)CCO.C[N+](C)(C)CCO.[Cl-]. The Morgan fingerprint density at radius 2 is 1.30 bits per heavy atom. The van der Waals surface area contributed by atoms with Crippen molar-refractivity contribution in [2.24, 2.45) is 5.41 Å². The number of likely N-dealkylation sites (N-methyl/N-ethyl adjacent to an activating group) is 2. The van der Waals surface area contributed by atoms with E-state index in [4.69, 9.17) is 15.3 Å². The van der Waals surface area contributed by atoms with Crippen molar-refractivity contribution >= 4 is 11.9 Å². The van der Waals surface area contributed by atoms with Gasteiger partial charge in [-0.2, -0.15) is 0 Å². The highest BCUT2D eigenvalue weighted by Gasteiger charge is 2.32. The number of carbonyl (C=O) groups is 2. The van der Waals surface area contributed by atoms with Crippen LogP contribution < -0.4 is 22.8 Å². The normalized spacial score (nSPS) is 12.3. The van der Waals surface area contributed by atoms with Crippen molar-refractivity contribution in [1.29, 1.82) is 0 Å². The van der Waals surface area contributed by atoms with Gasteiger partial charge in [0.15, 0.2) is 0 Å². The van der Waals surface area contributed by atoms with Gasteiger partial charge in [-0.3, -0.25) is 4.79 Å². The second-order valence-electron chi connectivity index (χ2n) is 9.44. The number of carboxylic acids is 1.